The summed E-state index contributed by atoms with van der Waals surface area (Å²) in [7, 11) is 0. The van der Waals surface area contributed by atoms with Crippen LogP contribution in [-0.4, -0.2) is 17.3 Å². The SMILES string of the molecule is CSC1=NC(C)C=C1C(C)(C)C. The van der Waals surface area contributed by atoms with Crippen LogP contribution in [0.5, 0.6) is 0 Å². The molecule has 0 amide bonds. The van der Waals surface area contributed by atoms with Crippen molar-refractivity contribution in [3.63, 3.8) is 0 Å². The van der Waals surface area contributed by atoms with Gasteiger partial charge in [-0.25, -0.2) is 0 Å². The van der Waals surface area contributed by atoms with Crippen LogP contribution in [0.3, 0.4) is 0 Å². The summed E-state index contributed by atoms with van der Waals surface area (Å²) >= 11 is 1.75. The predicted octanol–water partition coefficient (Wildman–Crippen LogP) is 3.12. The maximum Gasteiger partial charge on any atom is 0.0943 e. The maximum atomic E-state index is 4.54. The molecule has 1 heterocycles. The lowest BCUT2D eigenvalue weighted by Gasteiger charge is -2.20. The second kappa shape index (κ2) is 3.25. The first-order valence-electron chi connectivity index (χ1n) is 4.29. The van der Waals surface area contributed by atoms with Crippen LogP contribution in [0.25, 0.3) is 0 Å². The highest BCUT2D eigenvalue weighted by atomic mass is 32.2. The van der Waals surface area contributed by atoms with E-state index < -0.39 is 0 Å². The van der Waals surface area contributed by atoms with Gasteiger partial charge in [0.05, 0.1) is 11.1 Å². The molecule has 0 spiro atoms. The maximum absolute atomic E-state index is 4.54. The van der Waals surface area contributed by atoms with Gasteiger partial charge < -0.3 is 0 Å². The van der Waals surface area contributed by atoms with Gasteiger partial charge in [0.1, 0.15) is 0 Å². The first-order valence-corrected chi connectivity index (χ1v) is 5.52. The van der Waals surface area contributed by atoms with E-state index in [1.54, 1.807) is 11.8 Å². The van der Waals surface area contributed by atoms with Crippen LogP contribution in [0.2, 0.25) is 0 Å². The molecule has 1 aliphatic rings. The molecular formula is C10H17NS. The second-order valence-corrected chi connectivity index (χ2v) is 5.00. The molecule has 0 aromatic carbocycles. The van der Waals surface area contributed by atoms with Crippen LogP contribution in [-0.2, 0) is 0 Å². The monoisotopic (exact) mass is 183 g/mol. The Kier molecular flexibility index (Phi) is 2.67. The van der Waals surface area contributed by atoms with Gasteiger partial charge in [-0.05, 0) is 24.2 Å². The summed E-state index contributed by atoms with van der Waals surface area (Å²) in [4.78, 5) is 4.54. The summed E-state index contributed by atoms with van der Waals surface area (Å²) in [6, 6.07) is 0.377. The van der Waals surface area contributed by atoms with E-state index in [0.29, 0.717) is 6.04 Å². The van der Waals surface area contributed by atoms with Crippen molar-refractivity contribution in [2.45, 2.75) is 33.7 Å². The van der Waals surface area contributed by atoms with E-state index in [9.17, 15) is 0 Å². The zero-order valence-corrected chi connectivity index (χ0v) is 9.33. The van der Waals surface area contributed by atoms with Gasteiger partial charge in [0.15, 0.2) is 0 Å². The lowest BCUT2D eigenvalue weighted by atomic mass is 9.87. The van der Waals surface area contributed by atoms with E-state index in [1.165, 1.54) is 10.6 Å². The molecule has 0 saturated heterocycles. The topological polar surface area (TPSA) is 12.4 Å². The first kappa shape index (κ1) is 9.85. The molecule has 0 aromatic heterocycles. The van der Waals surface area contributed by atoms with E-state index in [2.05, 4.69) is 45.0 Å². The molecule has 0 saturated carbocycles. The molecule has 1 atom stereocenters. The molecule has 12 heavy (non-hydrogen) atoms. The van der Waals surface area contributed by atoms with Gasteiger partial charge in [-0.1, -0.05) is 26.8 Å². The van der Waals surface area contributed by atoms with E-state index in [1.807, 2.05) is 0 Å². The van der Waals surface area contributed by atoms with E-state index in [-0.39, 0.29) is 5.41 Å². The van der Waals surface area contributed by atoms with E-state index in [4.69, 9.17) is 0 Å². The Balaban J connectivity index is 2.93. The van der Waals surface area contributed by atoms with Crippen molar-refractivity contribution in [2.24, 2.45) is 10.4 Å². The van der Waals surface area contributed by atoms with Crippen molar-refractivity contribution >= 4 is 16.8 Å². The van der Waals surface area contributed by atoms with Gasteiger partial charge >= 0.3 is 0 Å². The number of hydrogen-bond acceptors (Lipinski definition) is 2. The molecule has 0 aliphatic carbocycles. The van der Waals surface area contributed by atoms with E-state index >= 15 is 0 Å². The minimum Gasteiger partial charge on any atom is -0.271 e. The fourth-order valence-electron chi connectivity index (χ4n) is 1.34. The standard InChI is InChI=1S/C10H17NS/c1-7-6-8(10(2,3)4)9(11-7)12-5/h6-7H,1-5H3. The second-order valence-electron chi connectivity index (χ2n) is 4.21. The van der Waals surface area contributed by atoms with Crippen LogP contribution in [0.4, 0.5) is 0 Å². The summed E-state index contributed by atoms with van der Waals surface area (Å²) in [6.07, 6.45) is 4.36. The van der Waals surface area contributed by atoms with E-state index in [0.717, 1.165) is 0 Å². The number of hydrogen-bond donors (Lipinski definition) is 0. The van der Waals surface area contributed by atoms with Gasteiger partial charge in [-0.3, -0.25) is 4.99 Å². The Hall–Kier alpha value is -0.240. The van der Waals surface area contributed by atoms with Gasteiger partial charge in [0, 0.05) is 0 Å². The van der Waals surface area contributed by atoms with Crippen LogP contribution in [0, 0.1) is 5.41 Å². The molecule has 1 unspecified atom stereocenters. The van der Waals surface area contributed by atoms with Crippen molar-refractivity contribution in [2.75, 3.05) is 6.26 Å². The summed E-state index contributed by atoms with van der Waals surface area (Å²) in [5, 5.41) is 1.22. The molecule has 0 radical (unpaired) electrons. The summed E-state index contributed by atoms with van der Waals surface area (Å²) in [5.41, 5.74) is 1.65. The highest BCUT2D eigenvalue weighted by Crippen LogP contribution is 2.33. The largest absolute Gasteiger partial charge is 0.271 e. The lowest BCUT2D eigenvalue weighted by molar-refractivity contribution is 0.526. The molecule has 0 N–H and O–H groups in total. The normalized spacial score (nSPS) is 23.9. The molecule has 0 aromatic rings. The Morgan fingerprint density at radius 2 is 2.00 bits per heavy atom. The number of rotatable bonds is 0. The van der Waals surface area contributed by atoms with Crippen molar-refractivity contribution in [1.82, 2.24) is 0 Å². The van der Waals surface area contributed by atoms with Crippen LogP contribution in [0.15, 0.2) is 16.6 Å². The molecule has 68 valence electrons. The summed E-state index contributed by atoms with van der Waals surface area (Å²) in [5.74, 6) is 0. The highest BCUT2D eigenvalue weighted by Gasteiger charge is 2.25. The zero-order chi connectivity index (χ0) is 9.35. The molecule has 0 fully saturated rings. The van der Waals surface area contributed by atoms with Crippen molar-refractivity contribution in [3.8, 4) is 0 Å². The fraction of sp³-hybridized carbons (Fsp3) is 0.700. The van der Waals surface area contributed by atoms with Gasteiger partial charge in [0.2, 0.25) is 0 Å². The smallest absolute Gasteiger partial charge is 0.0943 e. The highest BCUT2D eigenvalue weighted by molar-refractivity contribution is 8.13. The Morgan fingerprint density at radius 1 is 1.42 bits per heavy atom. The third-order valence-corrected chi connectivity index (χ3v) is 2.67. The fourth-order valence-corrected chi connectivity index (χ4v) is 2.20. The van der Waals surface area contributed by atoms with Crippen LogP contribution >= 0.6 is 11.8 Å². The zero-order valence-electron chi connectivity index (χ0n) is 8.51. The van der Waals surface area contributed by atoms with Crippen molar-refractivity contribution < 1.29 is 0 Å². The lowest BCUT2D eigenvalue weighted by Crippen LogP contribution is -2.13. The summed E-state index contributed by atoms with van der Waals surface area (Å²) in [6.45, 7) is 8.85. The van der Waals surface area contributed by atoms with Gasteiger partial charge in [-0.2, -0.15) is 0 Å². The average Bonchev–Trinajstić information content (AvgIpc) is 2.29. The van der Waals surface area contributed by atoms with Crippen LogP contribution < -0.4 is 0 Å². The Bertz CT molecular complexity index is 233. The number of nitrogens with zero attached hydrogens (tertiary/aromatic N) is 1. The van der Waals surface area contributed by atoms with Gasteiger partial charge in [0.25, 0.3) is 0 Å². The quantitative estimate of drug-likeness (QED) is 0.562. The van der Waals surface area contributed by atoms with Gasteiger partial charge in [-0.15, -0.1) is 11.8 Å². The first-order chi connectivity index (χ1) is 5.45. The molecule has 0 bridgehead atoms. The minimum atomic E-state index is 0.243. The molecule has 1 rings (SSSR count). The number of aliphatic imine (C=N–C) groups is 1. The molecule has 2 heteroatoms. The molecule has 1 nitrogen and oxygen atoms in total. The molecular weight excluding hydrogens is 166 g/mol. The Labute approximate surface area is 79.3 Å². The average molecular weight is 183 g/mol. The minimum absolute atomic E-state index is 0.243. The summed E-state index contributed by atoms with van der Waals surface area (Å²) < 4.78 is 0. The van der Waals surface area contributed by atoms with Crippen molar-refractivity contribution in [1.29, 1.82) is 0 Å². The van der Waals surface area contributed by atoms with Crippen molar-refractivity contribution in [3.05, 3.63) is 11.6 Å². The van der Waals surface area contributed by atoms with Crippen LogP contribution in [0.1, 0.15) is 27.7 Å². The third kappa shape index (κ3) is 1.92. The predicted molar refractivity (Wildman–Crippen MR) is 58.0 cm³/mol. The number of thioether (sulfide) groups is 1. The Morgan fingerprint density at radius 3 is 2.33 bits per heavy atom. The molecule has 1 aliphatic heterocycles. The third-order valence-electron chi connectivity index (χ3n) is 1.96.